The average molecular weight is 1780 g/mol. The van der Waals surface area contributed by atoms with Gasteiger partial charge in [-0.3, -0.25) is 14.9 Å². The van der Waals surface area contributed by atoms with Crippen LogP contribution < -0.4 is 0 Å². The van der Waals surface area contributed by atoms with E-state index >= 15 is 0 Å². The molecule has 0 bridgehead atoms. The van der Waals surface area contributed by atoms with Gasteiger partial charge in [-0.05, 0) is 155 Å². The topological polar surface area (TPSA) is 349 Å². The van der Waals surface area contributed by atoms with Gasteiger partial charge in [-0.25, -0.2) is 45.7 Å². The van der Waals surface area contributed by atoms with E-state index < -0.39 is 39.7 Å². The molecule has 0 amide bonds. The van der Waals surface area contributed by atoms with Gasteiger partial charge in [0.25, 0.3) is 5.69 Å². The number of benzene rings is 4. The van der Waals surface area contributed by atoms with Crippen molar-refractivity contribution < 1.29 is 53.8 Å². The predicted molar refractivity (Wildman–Crippen MR) is 476 cm³/mol. The van der Waals surface area contributed by atoms with Crippen molar-refractivity contribution in [2.45, 2.75) is 284 Å². The molecule has 1 unspecified atom stereocenters. The number of non-ortho nitro benzene ring substituents is 1. The number of carbonyl (C=O) groups is 1. The summed E-state index contributed by atoms with van der Waals surface area (Å²) in [7, 11) is 0. The second kappa shape index (κ2) is 51.8. The van der Waals surface area contributed by atoms with Gasteiger partial charge in [0.05, 0.1) is 28.3 Å². The molecule has 1 aliphatic heterocycles. The number of nitriles is 6. The third-order valence-electron chi connectivity index (χ3n) is 18.2. The Hall–Kier alpha value is -11.6. The van der Waals surface area contributed by atoms with Gasteiger partial charge in [0.2, 0.25) is 5.89 Å². The maximum Gasteiger partial charge on any atom is 0.329 e. The summed E-state index contributed by atoms with van der Waals surface area (Å²) in [6.45, 7) is 59.6. The van der Waals surface area contributed by atoms with E-state index in [1.54, 1.807) is 50.4 Å². The van der Waals surface area contributed by atoms with Crippen LogP contribution in [0.1, 0.15) is 340 Å². The molecule has 11 rings (SSSR count). The summed E-state index contributed by atoms with van der Waals surface area (Å²) in [5, 5.41) is 73.7. The molecule has 6 heterocycles. The fraction of sp³-hybridized carbons (Fsp3) is 0.505. The van der Waals surface area contributed by atoms with Gasteiger partial charge in [-0.15, -0.1) is 5.10 Å². The first-order valence-electron chi connectivity index (χ1n) is 40.9. The summed E-state index contributed by atoms with van der Waals surface area (Å²) in [5.41, 5.74) is 4.28. The number of allylic oxidation sites excluding steroid dienone is 2. The Labute approximate surface area is 748 Å². The second-order valence-electron chi connectivity index (χ2n) is 37.2. The minimum Gasteiger partial charge on any atom is -0.433 e. The first-order chi connectivity index (χ1) is 58.1. The van der Waals surface area contributed by atoms with Gasteiger partial charge in [0.1, 0.15) is 45.3 Å². The summed E-state index contributed by atoms with van der Waals surface area (Å²) < 4.78 is 109. The first kappa shape index (κ1) is 112. The number of rotatable bonds is 9. The Bertz CT molecular complexity index is 5060. The summed E-state index contributed by atoms with van der Waals surface area (Å²) in [6.07, 6.45) is 12.7. The molecule has 22 nitrogen and oxygen atoms in total. The summed E-state index contributed by atoms with van der Waals surface area (Å²) >= 11 is 7.08. The molecule has 1 fully saturated rings. The van der Waals surface area contributed by atoms with Crippen LogP contribution in [0.2, 0.25) is 5.15 Å². The van der Waals surface area contributed by atoms with Crippen molar-refractivity contribution in [1.82, 2.24) is 44.6 Å². The third-order valence-corrected chi connectivity index (χ3v) is 19.0. The highest BCUT2D eigenvalue weighted by Crippen LogP contribution is 2.34. The molecule has 31 heteroatoms. The van der Waals surface area contributed by atoms with Crippen LogP contribution in [0.25, 0.3) is 0 Å². The van der Waals surface area contributed by atoms with E-state index in [-0.39, 0.29) is 91.9 Å². The second-order valence-corrected chi connectivity index (χ2v) is 38.5. The van der Waals surface area contributed by atoms with Gasteiger partial charge in [0.15, 0.2) is 59.3 Å². The minimum absolute atomic E-state index is 0.0231. The minimum atomic E-state index is -1.36. The molecule has 680 valence electrons. The van der Waals surface area contributed by atoms with Crippen LogP contribution in [0.5, 0.6) is 0 Å². The number of aryl methyl sites for hydroxylation is 1. The fourth-order valence-corrected chi connectivity index (χ4v) is 11.0. The molecule has 1 atom stereocenters. The normalized spacial score (nSPS) is 12.6. The Morgan fingerprint density at radius 1 is 0.587 bits per heavy atom. The molecular weight excluding hydrogens is 1660 g/mol. The van der Waals surface area contributed by atoms with Crippen LogP contribution in [0, 0.1) is 143 Å². The van der Waals surface area contributed by atoms with Crippen LogP contribution in [-0.4, -0.2) is 68.4 Å². The number of nitrogens with zero attached hydrogens (tertiary/aromatic N) is 16. The standard InChI is InChI=1S/C11H18O.2C10H10FN.C9H8F4.C9H10FNO2.C9H16N2.C8H10ClN.C8H10N2O.2C7H9N3O.C7H12N2S/c1-11(2,3)8-7-10(12)9-5-4-6-9;1-7(2)9-5-8(6-12)3-4-10(9)11;1-7(2)9-5-3-4-8(6-12)10(9)11;1-4(2)7-8(12)5(10)3-6(11)9(7)13;1-6(2)8-5-7(11(12)13)3-4-9(8)10;1-9(2,3)8-4-5-11(6-8)7-10;1-6(2)7-3-4-8(9)10-5-7;1-8(2,3)6-5-10-7(4-9)11-6;1-7(2,3)6-10-9-5(4-8)11-6;1-7(2,3)6-9-5(4-8)11-10-6;1-5-8-6(9-10-5)7(2,3)4/h5H,4,6-8H2,1-3H3;2*3-5,7H,1-2H3;3-4H,1-2H3;3-6H,1-2H3;8H,4-6H2,1-3H3;3-6H,1-2H3;5H,1-3H3;2*1-3H3;1-4H3. The monoisotopic (exact) mass is 1780 g/mol. The largest absolute Gasteiger partial charge is 0.433 e. The van der Waals surface area contributed by atoms with Crippen molar-refractivity contribution in [2.75, 3.05) is 13.1 Å². The van der Waals surface area contributed by atoms with Crippen molar-refractivity contribution in [3.63, 3.8) is 0 Å². The van der Waals surface area contributed by atoms with E-state index in [0.717, 1.165) is 67.0 Å². The van der Waals surface area contributed by atoms with Gasteiger partial charge in [-0.2, -0.15) is 40.9 Å². The van der Waals surface area contributed by atoms with Crippen LogP contribution in [0.15, 0.2) is 110 Å². The van der Waals surface area contributed by atoms with Gasteiger partial charge in [0, 0.05) is 71.1 Å². The lowest BCUT2D eigenvalue weighted by atomic mass is 9.80. The summed E-state index contributed by atoms with van der Waals surface area (Å²) in [4.78, 5) is 39.0. The number of carbonyl (C=O) groups excluding carboxylic acids is 1. The quantitative estimate of drug-likeness (QED) is 0.0323. The maximum absolute atomic E-state index is 13.3. The molecule has 4 aromatic carbocycles. The molecule has 0 N–H and O–H groups in total. The maximum atomic E-state index is 13.3. The molecule has 1 saturated heterocycles. The number of aromatic nitrogens is 8. The third kappa shape index (κ3) is 40.6. The van der Waals surface area contributed by atoms with Gasteiger partial charge in [-0.1, -0.05) is 240 Å². The van der Waals surface area contributed by atoms with Crippen molar-refractivity contribution in [3.05, 3.63) is 238 Å². The Morgan fingerprint density at radius 3 is 1.48 bits per heavy atom. The SMILES string of the molecule is CC(C)(C)C1CCN(C#N)C1.CC(C)(C)CCC(=O)C1=CCC1.CC(C)(C)c1cnc(C#N)o1.CC(C)(C)c1nnc(C#N)o1.CC(C)(C)c1noc(C#N)n1.CC(C)c1c(F)c(F)cc(F)c1F.CC(C)c1cc(C#N)ccc1F.CC(C)c1cc([N+](=O)[O-])ccc1F.CC(C)c1ccc(Cl)nc1.CC(C)c1cccc(C#N)c1F.Cc1nc(C(C)(C)C)ns1. The fourth-order valence-electron chi connectivity index (χ4n) is 10.2. The number of Topliss-reactive ketones (excluding diaryl/α,β-unsaturated/α-hetero) is 1. The zero-order valence-electron chi connectivity index (χ0n) is 78.1. The van der Waals surface area contributed by atoms with E-state index in [0.29, 0.717) is 67.6 Å². The molecule has 2 aliphatic rings. The lowest BCUT2D eigenvalue weighted by Crippen LogP contribution is -2.23. The van der Waals surface area contributed by atoms with Crippen LogP contribution in [0.4, 0.5) is 36.4 Å². The van der Waals surface area contributed by atoms with E-state index in [1.807, 2.05) is 138 Å². The lowest BCUT2D eigenvalue weighted by Gasteiger charge is -2.25. The zero-order valence-corrected chi connectivity index (χ0v) is 79.7. The summed E-state index contributed by atoms with van der Waals surface area (Å²) in [5.74, 6) is -2.19. The van der Waals surface area contributed by atoms with E-state index in [2.05, 4.69) is 133 Å². The van der Waals surface area contributed by atoms with Crippen LogP contribution >= 0.6 is 23.1 Å². The smallest absolute Gasteiger partial charge is 0.329 e. The number of likely N-dealkylation sites (tertiary alicyclic amines) is 1. The number of halogens is 8. The van der Waals surface area contributed by atoms with E-state index in [9.17, 15) is 45.6 Å². The Balaban J connectivity index is 0.000000694. The highest BCUT2D eigenvalue weighted by molar-refractivity contribution is 7.05. The van der Waals surface area contributed by atoms with E-state index in [4.69, 9.17) is 52.0 Å². The number of hydrogen-bond acceptors (Lipinski definition) is 22. The lowest BCUT2D eigenvalue weighted by molar-refractivity contribution is -0.385. The predicted octanol–water partition coefficient (Wildman–Crippen LogP) is 26.1. The molecular formula is C95H122ClF7N16O6S. The average Bonchev–Trinajstić information content (AvgIpc) is 1.15. The molecule has 0 radical (unpaired) electrons. The molecule has 5 aromatic heterocycles. The molecule has 1 aliphatic carbocycles. The van der Waals surface area contributed by atoms with Crippen molar-refractivity contribution in [3.8, 4) is 36.5 Å². The molecule has 0 saturated carbocycles. The zero-order chi connectivity index (χ0) is 96.9. The van der Waals surface area contributed by atoms with Crippen LogP contribution in [0.3, 0.4) is 0 Å². The van der Waals surface area contributed by atoms with E-state index in [1.165, 1.54) is 67.7 Å². The number of pyridine rings is 1. The van der Waals surface area contributed by atoms with Crippen molar-refractivity contribution in [2.24, 2.45) is 16.7 Å². The number of oxazole rings is 1. The molecule has 0 spiro atoms. The first-order valence-corrected chi connectivity index (χ1v) is 42.1. The van der Waals surface area contributed by atoms with Crippen LogP contribution in [-0.2, 0) is 26.5 Å². The molecule has 126 heavy (non-hydrogen) atoms. The number of nitro benzene ring substituents is 1. The molecule has 9 aromatic rings. The number of ketones is 1. The number of hydrogen-bond donors (Lipinski definition) is 0. The highest BCUT2D eigenvalue weighted by Gasteiger charge is 2.32. The summed E-state index contributed by atoms with van der Waals surface area (Å²) in [6, 6.07) is 26.1. The van der Waals surface area contributed by atoms with Crippen molar-refractivity contribution >= 4 is 34.6 Å². The Morgan fingerprint density at radius 2 is 1.13 bits per heavy atom. The van der Waals surface area contributed by atoms with Gasteiger partial charge >= 0.3 is 17.7 Å². The highest BCUT2D eigenvalue weighted by atomic mass is 35.5. The van der Waals surface area contributed by atoms with Crippen molar-refractivity contribution in [1.29, 1.82) is 31.6 Å². The number of nitro groups is 1. The van der Waals surface area contributed by atoms with Gasteiger partial charge < -0.3 is 18.3 Å². The Kier molecular flexibility index (Phi) is 46.2.